The number of allylic oxidation sites excluding steroid dienone is 4. The number of rotatable bonds is 22. The summed E-state index contributed by atoms with van der Waals surface area (Å²) in [6.07, 6.45) is 20.1. The van der Waals surface area contributed by atoms with Gasteiger partial charge in [0.1, 0.15) is 0 Å². The van der Waals surface area contributed by atoms with Gasteiger partial charge in [0.05, 0.1) is 6.61 Å². The van der Waals surface area contributed by atoms with E-state index in [1.54, 1.807) is 0 Å². The average Bonchev–Trinajstić information content (AvgIpc) is 2.78. The highest BCUT2D eigenvalue weighted by Crippen LogP contribution is 2.12. The Labute approximate surface area is 191 Å². The van der Waals surface area contributed by atoms with Gasteiger partial charge in [0.15, 0.2) is 6.29 Å². The molecule has 1 N–H and O–H groups in total. The molecule has 1 radical (unpaired) electrons. The van der Waals surface area contributed by atoms with E-state index in [0.29, 0.717) is 19.6 Å². The van der Waals surface area contributed by atoms with Gasteiger partial charge in [-0.3, -0.25) is 4.79 Å². The van der Waals surface area contributed by atoms with Crippen LogP contribution in [0.1, 0.15) is 90.9 Å². The molecule has 0 aliphatic rings. The van der Waals surface area contributed by atoms with Crippen LogP contribution in [0.3, 0.4) is 0 Å². The van der Waals surface area contributed by atoms with Gasteiger partial charge in [0.25, 0.3) is 0 Å². The summed E-state index contributed by atoms with van der Waals surface area (Å²) in [4.78, 5) is 11.7. The van der Waals surface area contributed by atoms with Crippen molar-refractivity contribution in [2.45, 2.75) is 97.2 Å². The lowest BCUT2D eigenvalue weighted by atomic mass is 10.2. The van der Waals surface area contributed by atoms with E-state index in [0.717, 1.165) is 70.6 Å². The second kappa shape index (κ2) is 23.5. The molecule has 0 aromatic heterocycles. The highest BCUT2D eigenvalue weighted by atomic mass is 16.7. The number of unbranched alkanes of at least 4 members (excludes halogenated alkanes) is 5. The van der Waals surface area contributed by atoms with Crippen LogP contribution in [0.15, 0.2) is 24.3 Å². The number of aliphatic hydroxyl groups excluding tert-OH is 1. The van der Waals surface area contributed by atoms with Crippen molar-refractivity contribution in [1.29, 1.82) is 0 Å². The first-order valence-corrected chi connectivity index (χ1v) is 12.3. The molecule has 0 aliphatic heterocycles. The summed E-state index contributed by atoms with van der Waals surface area (Å²) in [5.74, 6) is -0.495. The number of aliphatic hydroxyl groups is 1. The van der Waals surface area contributed by atoms with Crippen LogP contribution in [-0.2, 0) is 19.0 Å². The van der Waals surface area contributed by atoms with Gasteiger partial charge in [-0.05, 0) is 77.6 Å². The third-order valence-electron chi connectivity index (χ3n) is 4.75. The third kappa shape index (κ3) is 21.8. The smallest absolute Gasteiger partial charge is 0.305 e. The van der Waals surface area contributed by atoms with Crippen LogP contribution in [0.4, 0.5) is 0 Å². The van der Waals surface area contributed by atoms with Crippen LogP contribution in [0.25, 0.3) is 0 Å². The number of carbonyl (C=O) groups excluding carboxylic acids is 1. The fourth-order valence-electron chi connectivity index (χ4n) is 2.86. The normalized spacial score (nSPS) is 12.9. The number of hydrogen-bond donors (Lipinski definition) is 1. The maximum atomic E-state index is 11.7. The van der Waals surface area contributed by atoms with E-state index in [2.05, 4.69) is 45.1 Å². The molecule has 1 atom stereocenters. The predicted octanol–water partition coefficient (Wildman–Crippen LogP) is 6.16. The first-order chi connectivity index (χ1) is 15.1. The Balaban J connectivity index is 4.07. The minimum absolute atomic E-state index is 0.0760. The topological polar surface area (TPSA) is 65.0 Å². The van der Waals surface area contributed by atoms with Crippen molar-refractivity contribution in [3.8, 4) is 0 Å². The minimum atomic E-state index is -0.259. The van der Waals surface area contributed by atoms with Crippen LogP contribution in [-0.4, -0.2) is 43.8 Å². The summed E-state index contributed by atoms with van der Waals surface area (Å²) >= 11 is 0. The molecule has 0 aromatic rings. The molecule has 0 saturated carbocycles. The molecule has 0 heterocycles. The summed E-state index contributed by atoms with van der Waals surface area (Å²) in [7, 11) is 0. The lowest BCUT2D eigenvalue weighted by molar-refractivity contribution is -0.150. The van der Waals surface area contributed by atoms with Crippen LogP contribution in [0, 0.1) is 12.8 Å². The molecule has 0 aromatic carbocycles. The monoisotopic (exact) mass is 439 g/mol. The van der Waals surface area contributed by atoms with Crippen molar-refractivity contribution < 1.29 is 24.1 Å². The van der Waals surface area contributed by atoms with Gasteiger partial charge < -0.3 is 19.3 Å². The summed E-state index contributed by atoms with van der Waals surface area (Å²) in [6, 6.07) is 0. The molecule has 5 heteroatoms. The molecule has 0 amide bonds. The number of carbonyl (C=O) groups is 1. The average molecular weight is 440 g/mol. The van der Waals surface area contributed by atoms with Gasteiger partial charge in [0.2, 0.25) is 0 Å². The minimum Gasteiger partial charge on any atom is -0.465 e. The Bertz CT molecular complexity index is 423. The SMILES string of the molecule is [CH2]C(CO)COC(=O)CCCCC(OCCCC/C=C\CC)OCCCC/C=C\CC. The lowest BCUT2D eigenvalue weighted by Gasteiger charge is -2.19. The Morgan fingerprint density at radius 3 is 1.97 bits per heavy atom. The molecule has 0 aliphatic carbocycles. The van der Waals surface area contributed by atoms with Gasteiger partial charge in [-0.15, -0.1) is 0 Å². The molecule has 181 valence electrons. The highest BCUT2D eigenvalue weighted by Gasteiger charge is 2.11. The van der Waals surface area contributed by atoms with Crippen molar-refractivity contribution in [2.75, 3.05) is 26.4 Å². The second-order valence-corrected chi connectivity index (χ2v) is 7.90. The first kappa shape index (κ1) is 29.8. The maximum Gasteiger partial charge on any atom is 0.305 e. The van der Waals surface area contributed by atoms with Crippen molar-refractivity contribution in [3.63, 3.8) is 0 Å². The molecule has 1 unspecified atom stereocenters. The summed E-state index contributed by atoms with van der Waals surface area (Å²) in [5, 5.41) is 8.92. The van der Waals surface area contributed by atoms with Crippen LogP contribution in [0.5, 0.6) is 0 Å². The van der Waals surface area contributed by atoms with E-state index in [-0.39, 0.29) is 31.4 Å². The van der Waals surface area contributed by atoms with E-state index < -0.39 is 0 Å². The van der Waals surface area contributed by atoms with Crippen molar-refractivity contribution in [2.24, 2.45) is 5.92 Å². The molecule has 31 heavy (non-hydrogen) atoms. The van der Waals surface area contributed by atoms with E-state index in [4.69, 9.17) is 19.3 Å². The van der Waals surface area contributed by atoms with Crippen LogP contribution < -0.4 is 0 Å². The molecule has 0 bridgehead atoms. The zero-order valence-corrected chi connectivity index (χ0v) is 20.1. The number of esters is 1. The van der Waals surface area contributed by atoms with E-state index in [1.165, 1.54) is 0 Å². The largest absolute Gasteiger partial charge is 0.465 e. The molecule has 0 saturated heterocycles. The Morgan fingerprint density at radius 2 is 1.45 bits per heavy atom. The van der Waals surface area contributed by atoms with E-state index in [9.17, 15) is 4.79 Å². The molecular weight excluding hydrogens is 392 g/mol. The highest BCUT2D eigenvalue weighted by molar-refractivity contribution is 5.69. The Morgan fingerprint density at radius 1 is 0.871 bits per heavy atom. The van der Waals surface area contributed by atoms with Crippen molar-refractivity contribution in [3.05, 3.63) is 31.2 Å². The van der Waals surface area contributed by atoms with E-state index >= 15 is 0 Å². The van der Waals surface area contributed by atoms with E-state index in [1.807, 2.05) is 0 Å². The predicted molar refractivity (Wildman–Crippen MR) is 128 cm³/mol. The fourth-order valence-corrected chi connectivity index (χ4v) is 2.86. The zero-order valence-electron chi connectivity index (χ0n) is 20.1. The van der Waals surface area contributed by atoms with Gasteiger partial charge in [-0.1, -0.05) is 38.2 Å². The quantitative estimate of drug-likeness (QED) is 0.0946. The fraction of sp³-hybridized carbons (Fsp3) is 0.769. The number of ether oxygens (including phenoxy) is 3. The molecule has 0 spiro atoms. The summed E-state index contributed by atoms with van der Waals surface area (Å²) in [5.41, 5.74) is 0. The second-order valence-electron chi connectivity index (χ2n) is 7.90. The van der Waals surface area contributed by atoms with Crippen molar-refractivity contribution >= 4 is 5.97 Å². The molecule has 0 fully saturated rings. The Kier molecular flexibility index (Phi) is 22.6. The number of hydrogen-bond acceptors (Lipinski definition) is 5. The molecular formula is C26H47O5. The third-order valence-corrected chi connectivity index (χ3v) is 4.75. The zero-order chi connectivity index (χ0) is 23.0. The van der Waals surface area contributed by atoms with Gasteiger partial charge in [-0.2, -0.15) is 0 Å². The summed E-state index contributed by atoms with van der Waals surface area (Å²) < 4.78 is 17.1. The standard InChI is InChI=1S/C26H47O5/c1-4-6-8-10-12-16-20-29-26(30-21-17-13-11-9-7-5-2)19-15-14-18-25(28)31-23-24(3)22-27/h6-9,24,26-27H,3-5,10-23H2,1-2H3/b8-6-,9-7-. The molecule has 5 nitrogen and oxygen atoms in total. The summed E-state index contributed by atoms with van der Waals surface area (Å²) in [6.45, 7) is 9.50. The van der Waals surface area contributed by atoms with Crippen LogP contribution >= 0.6 is 0 Å². The Hall–Kier alpha value is -1.17. The van der Waals surface area contributed by atoms with Crippen LogP contribution in [0.2, 0.25) is 0 Å². The lowest BCUT2D eigenvalue weighted by Crippen LogP contribution is -2.19. The van der Waals surface area contributed by atoms with Crippen molar-refractivity contribution in [1.82, 2.24) is 0 Å². The first-order valence-electron chi connectivity index (χ1n) is 12.3. The van der Waals surface area contributed by atoms with Gasteiger partial charge in [0, 0.05) is 32.2 Å². The van der Waals surface area contributed by atoms with Gasteiger partial charge in [-0.25, -0.2) is 0 Å². The molecule has 0 rings (SSSR count). The maximum absolute atomic E-state index is 11.7. The van der Waals surface area contributed by atoms with Gasteiger partial charge >= 0.3 is 5.97 Å².